The average molecular weight is 382 g/mol. The van der Waals surface area contributed by atoms with Gasteiger partial charge in [0.25, 0.3) is 5.56 Å². The van der Waals surface area contributed by atoms with Crippen LogP contribution in [0.25, 0.3) is 10.8 Å². The van der Waals surface area contributed by atoms with Crippen LogP contribution in [0.3, 0.4) is 0 Å². The Hall–Kier alpha value is -3.00. The number of ether oxygens (including phenoxy) is 1. The molecule has 0 spiro atoms. The minimum atomic E-state index is -0.261. The van der Waals surface area contributed by atoms with Gasteiger partial charge in [-0.3, -0.25) is 9.59 Å². The number of fused-ring (bicyclic) bond motifs is 1. The van der Waals surface area contributed by atoms with Crippen LogP contribution in [-0.4, -0.2) is 52.0 Å². The molecular weight excluding hydrogens is 360 g/mol. The second kappa shape index (κ2) is 7.55. The van der Waals surface area contributed by atoms with Crippen molar-refractivity contribution in [3.8, 4) is 0 Å². The van der Waals surface area contributed by atoms with E-state index in [-0.39, 0.29) is 30.0 Å². The molecule has 4 rings (SSSR count). The predicted octanol–water partition coefficient (Wildman–Crippen LogP) is 1.41. The van der Waals surface area contributed by atoms with Gasteiger partial charge in [-0.25, -0.2) is 4.68 Å². The van der Waals surface area contributed by atoms with Crippen LogP contribution in [0, 0.1) is 12.8 Å². The molecule has 1 aliphatic rings. The monoisotopic (exact) mass is 382 g/mol. The summed E-state index contributed by atoms with van der Waals surface area (Å²) in [6.07, 6.45) is 2.17. The molecule has 146 valence electrons. The molecule has 1 amide bonds. The van der Waals surface area contributed by atoms with Gasteiger partial charge in [-0.15, -0.1) is 0 Å². The lowest BCUT2D eigenvalue weighted by Crippen LogP contribution is -2.36. The molecule has 0 unspecified atom stereocenters. The van der Waals surface area contributed by atoms with Crippen molar-refractivity contribution in [1.82, 2.24) is 19.8 Å². The van der Waals surface area contributed by atoms with Gasteiger partial charge < -0.3 is 14.2 Å². The van der Waals surface area contributed by atoms with Gasteiger partial charge in [0.1, 0.15) is 12.3 Å². The van der Waals surface area contributed by atoms with Crippen LogP contribution >= 0.6 is 0 Å². The van der Waals surface area contributed by atoms with Crippen LogP contribution in [0.5, 0.6) is 0 Å². The van der Waals surface area contributed by atoms with Crippen LogP contribution < -0.4 is 5.56 Å². The summed E-state index contributed by atoms with van der Waals surface area (Å²) in [6.45, 7) is 2.81. The van der Waals surface area contributed by atoms with Gasteiger partial charge in [-0.05, 0) is 13.0 Å². The number of hydrogen-bond acceptors (Lipinski definition) is 6. The lowest BCUT2D eigenvalue weighted by molar-refractivity contribution is -0.131. The third-order valence-electron chi connectivity index (χ3n) is 5.22. The van der Waals surface area contributed by atoms with E-state index in [9.17, 15) is 9.59 Å². The highest BCUT2D eigenvalue weighted by Crippen LogP contribution is 2.24. The zero-order chi connectivity index (χ0) is 19.7. The standard InChI is InChI=1S/C20H22N4O4/c1-13-7-16(28-22-13)8-15-10-23(11-18(15)27-2)19(25)12-24-20(26)17-6-4-3-5-14(17)9-21-24/h3-7,9,15,18H,8,10-12H2,1-2H3/t15-,18+/m1/s1. The van der Waals surface area contributed by atoms with Crippen LogP contribution in [0.2, 0.25) is 0 Å². The van der Waals surface area contributed by atoms with E-state index in [1.54, 1.807) is 30.3 Å². The van der Waals surface area contributed by atoms with E-state index >= 15 is 0 Å². The summed E-state index contributed by atoms with van der Waals surface area (Å²) in [4.78, 5) is 27.1. The third kappa shape index (κ3) is 3.55. The molecule has 3 aromatic rings. The molecule has 1 saturated heterocycles. The van der Waals surface area contributed by atoms with E-state index in [0.29, 0.717) is 24.9 Å². The fourth-order valence-corrected chi connectivity index (χ4v) is 3.75. The molecule has 1 aliphatic heterocycles. The molecule has 1 fully saturated rings. The van der Waals surface area contributed by atoms with Gasteiger partial charge in [0, 0.05) is 44.0 Å². The number of hydrogen-bond donors (Lipinski definition) is 0. The molecule has 28 heavy (non-hydrogen) atoms. The number of likely N-dealkylation sites (tertiary alicyclic amines) is 1. The van der Waals surface area contributed by atoms with E-state index in [0.717, 1.165) is 16.8 Å². The smallest absolute Gasteiger partial charge is 0.275 e. The Bertz CT molecular complexity index is 1060. The Balaban J connectivity index is 1.48. The number of benzene rings is 1. The van der Waals surface area contributed by atoms with Crippen molar-refractivity contribution in [2.75, 3.05) is 20.2 Å². The fraction of sp³-hybridized carbons (Fsp3) is 0.400. The van der Waals surface area contributed by atoms with Crippen molar-refractivity contribution < 1.29 is 14.1 Å². The fourth-order valence-electron chi connectivity index (χ4n) is 3.75. The van der Waals surface area contributed by atoms with E-state index in [4.69, 9.17) is 9.26 Å². The van der Waals surface area contributed by atoms with Crippen LogP contribution in [0.1, 0.15) is 11.5 Å². The average Bonchev–Trinajstić information content (AvgIpc) is 3.30. The van der Waals surface area contributed by atoms with Crippen molar-refractivity contribution in [2.24, 2.45) is 5.92 Å². The number of aryl methyl sites for hydroxylation is 1. The first-order valence-electron chi connectivity index (χ1n) is 9.23. The molecule has 8 nitrogen and oxygen atoms in total. The maximum atomic E-state index is 12.8. The Kier molecular flexibility index (Phi) is 4.95. The molecule has 0 bridgehead atoms. The topological polar surface area (TPSA) is 90.5 Å². The largest absolute Gasteiger partial charge is 0.379 e. The molecule has 1 aromatic carbocycles. The molecule has 0 saturated carbocycles. The molecular formula is C20H22N4O4. The molecule has 2 aromatic heterocycles. The summed E-state index contributed by atoms with van der Waals surface area (Å²) < 4.78 is 12.1. The van der Waals surface area contributed by atoms with Gasteiger partial charge in [0.15, 0.2) is 0 Å². The van der Waals surface area contributed by atoms with E-state index in [1.807, 2.05) is 25.1 Å². The van der Waals surface area contributed by atoms with E-state index < -0.39 is 0 Å². The number of nitrogens with zero attached hydrogens (tertiary/aromatic N) is 4. The van der Waals surface area contributed by atoms with E-state index in [1.165, 1.54) is 4.68 Å². The molecule has 3 heterocycles. The lowest BCUT2D eigenvalue weighted by Gasteiger charge is -2.16. The zero-order valence-corrected chi connectivity index (χ0v) is 15.9. The first-order valence-corrected chi connectivity index (χ1v) is 9.23. The maximum absolute atomic E-state index is 12.8. The number of carbonyl (C=O) groups is 1. The lowest BCUT2D eigenvalue weighted by atomic mass is 10.0. The number of methoxy groups -OCH3 is 1. The Labute approximate surface area is 161 Å². The maximum Gasteiger partial charge on any atom is 0.275 e. The highest BCUT2D eigenvalue weighted by atomic mass is 16.5. The normalized spacial score (nSPS) is 19.4. The van der Waals surface area contributed by atoms with Gasteiger partial charge in [-0.2, -0.15) is 5.10 Å². The van der Waals surface area contributed by atoms with Crippen molar-refractivity contribution >= 4 is 16.7 Å². The van der Waals surface area contributed by atoms with Crippen molar-refractivity contribution in [2.45, 2.75) is 26.0 Å². The van der Waals surface area contributed by atoms with Crippen molar-refractivity contribution in [3.63, 3.8) is 0 Å². The van der Waals surface area contributed by atoms with Crippen LogP contribution in [0.15, 0.2) is 45.8 Å². The molecule has 8 heteroatoms. The first kappa shape index (κ1) is 18.4. The summed E-state index contributed by atoms with van der Waals surface area (Å²) in [7, 11) is 1.65. The second-order valence-corrected chi connectivity index (χ2v) is 7.17. The summed E-state index contributed by atoms with van der Waals surface area (Å²) in [5.41, 5.74) is 0.569. The highest BCUT2D eigenvalue weighted by molar-refractivity contribution is 5.81. The van der Waals surface area contributed by atoms with Gasteiger partial charge in [0.2, 0.25) is 5.91 Å². The quantitative estimate of drug-likeness (QED) is 0.663. The van der Waals surface area contributed by atoms with Gasteiger partial charge in [-0.1, -0.05) is 23.4 Å². The number of rotatable bonds is 5. The SMILES string of the molecule is CO[C@H]1CN(C(=O)Cn2ncc3ccccc3c2=O)C[C@H]1Cc1cc(C)no1. The van der Waals surface area contributed by atoms with Crippen LogP contribution in [-0.2, 0) is 22.5 Å². The highest BCUT2D eigenvalue weighted by Gasteiger charge is 2.36. The van der Waals surface area contributed by atoms with Crippen molar-refractivity contribution in [3.05, 3.63) is 58.3 Å². The zero-order valence-electron chi connectivity index (χ0n) is 15.9. The van der Waals surface area contributed by atoms with E-state index in [2.05, 4.69) is 10.3 Å². The summed E-state index contributed by atoms with van der Waals surface area (Å²) in [5.74, 6) is 0.747. The Morgan fingerprint density at radius 1 is 1.32 bits per heavy atom. The number of amides is 1. The predicted molar refractivity (Wildman–Crippen MR) is 102 cm³/mol. The second-order valence-electron chi connectivity index (χ2n) is 7.17. The molecule has 0 aliphatic carbocycles. The van der Waals surface area contributed by atoms with Crippen molar-refractivity contribution in [1.29, 1.82) is 0 Å². The molecule has 0 radical (unpaired) electrons. The summed E-state index contributed by atoms with van der Waals surface area (Å²) in [6, 6.07) is 9.12. The number of carbonyl (C=O) groups excluding carboxylic acids is 1. The molecule has 0 N–H and O–H groups in total. The minimum Gasteiger partial charge on any atom is -0.379 e. The summed E-state index contributed by atoms with van der Waals surface area (Å²) in [5, 5.41) is 9.38. The first-order chi connectivity index (χ1) is 13.5. The van der Waals surface area contributed by atoms with Crippen LogP contribution in [0.4, 0.5) is 0 Å². The summed E-state index contributed by atoms with van der Waals surface area (Å²) >= 11 is 0. The number of aromatic nitrogens is 3. The Morgan fingerprint density at radius 2 is 2.14 bits per heavy atom. The van der Waals surface area contributed by atoms with Gasteiger partial charge >= 0.3 is 0 Å². The Morgan fingerprint density at radius 3 is 2.89 bits per heavy atom. The molecule has 2 atom stereocenters. The third-order valence-corrected chi connectivity index (χ3v) is 5.22. The minimum absolute atomic E-state index is 0.0874. The van der Waals surface area contributed by atoms with Gasteiger partial charge in [0.05, 0.1) is 23.4 Å².